The number of ether oxygens (including phenoxy) is 1. The smallest absolute Gasteiger partial charge is 0.243 e. The maximum Gasteiger partial charge on any atom is 0.243 e. The summed E-state index contributed by atoms with van der Waals surface area (Å²) in [7, 11) is -3.56. The first-order valence-electron chi connectivity index (χ1n) is 8.77. The molecule has 0 saturated carbocycles. The van der Waals surface area contributed by atoms with Crippen LogP contribution in [-0.4, -0.2) is 50.5 Å². The second kappa shape index (κ2) is 7.05. The number of sulfonamides is 1. The number of hydrogen-bond acceptors (Lipinski definition) is 4. The van der Waals surface area contributed by atoms with Crippen molar-refractivity contribution in [2.75, 3.05) is 19.6 Å². The number of rotatable bonds is 5. The second-order valence-corrected chi connectivity index (χ2v) is 9.35. The molecule has 2 fully saturated rings. The van der Waals surface area contributed by atoms with Gasteiger partial charge in [-0.15, -0.1) is 0 Å². The average molecular weight is 366 g/mol. The third kappa shape index (κ3) is 3.88. The second-order valence-electron chi connectivity index (χ2n) is 7.42. The minimum absolute atomic E-state index is 0.0315. The molecule has 6 nitrogen and oxygen atoms in total. The summed E-state index contributed by atoms with van der Waals surface area (Å²) in [6, 6.07) is 6.92. The highest BCUT2D eigenvalue weighted by Crippen LogP contribution is 2.34. The van der Waals surface area contributed by atoms with Gasteiger partial charge in [-0.1, -0.05) is 26.0 Å². The fourth-order valence-electron chi connectivity index (χ4n) is 3.46. The van der Waals surface area contributed by atoms with Crippen LogP contribution in [0.15, 0.2) is 29.2 Å². The molecule has 0 aromatic heterocycles. The lowest BCUT2D eigenvalue weighted by Gasteiger charge is -2.32. The van der Waals surface area contributed by atoms with E-state index in [4.69, 9.17) is 4.74 Å². The van der Waals surface area contributed by atoms with E-state index in [-0.39, 0.29) is 30.6 Å². The Morgan fingerprint density at radius 2 is 2.12 bits per heavy atom. The van der Waals surface area contributed by atoms with Crippen LogP contribution >= 0.6 is 0 Å². The first kappa shape index (κ1) is 18.4. The molecule has 0 radical (unpaired) electrons. The number of nitrogens with zero attached hydrogens (tertiary/aromatic N) is 1. The van der Waals surface area contributed by atoms with Gasteiger partial charge in [-0.25, -0.2) is 8.42 Å². The lowest BCUT2D eigenvalue weighted by Crippen LogP contribution is -2.48. The highest BCUT2D eigenvalue weighted by Gasteiger charge is 2.47. The van der Waals surface area contributed by atoms with E-state index in [0.29, 0.717) is 30.3 Å². The number of morpholine rings is 1. The standard InChI is InChI=1S/C18H26N2O4S/c1-12(2)9-19-18(21)16-8-14-10-20(11-17(16)24-14)25(22,23)15-6-4-5-13(3)7-15/h4-7,12,14,16-17H,8-11H2,1-3H3,(H,19,21)/t14-,16+,17-/m1/s1. The van der Waals surface area contributed by atoms with Crippen LogP contribution in [0.2, 0.25) is 0 Å². The Morgan fingerprint density at radius 3 is 2.80 bits per heavy atom. The third-order valence-electron chi connectivity index (χ3n) is 4.77. The van der Waals surface area contributed by atoms with E-state index in [1.54, 1.807) is 18.2 Å². The molecule has 1 aromatic carbocycles. The summed E-state index contributed by atoms with van der Waals surface area (Å²) in [6.45, 7) is 7.11. The van der Waals surface area contributed by atoms with Gasteiger partial charge >= 0.3 is 0 Å². The van der Waals surface area contributed by atoms with E-state index < -0.39 is 10.0 Å². The Labute approximate surface area is 149 Å². The number of aryl methyl sites for hydroxylation is 1. The van der Waals surface area contributed by atoms with Crippen molar-refractivity contribution in [2.45, 2.75) is 44.3 Å². The number of carbonyl (C=O) groups excluding carboxylic acids is 1. The third-order valence-corrected chi connectivity index (χ3v) is 6.60. The van der Waals surface area contributed by atoms with E-state index in [2.05, 4.69) is 5.32 Å². The summed E-state index contributed by atoms with van der Waals surface area (Å²) in [5.74, 6) is 0.0707. The van der Waals surface area contributed by atoms with Crippen molar-refractivity contribution in [3.8, 4) is 0 Å². The minimum atomic E-state index is -3.56. The zero-order valence-corrected chi connectivity index (χ0v) is 15.8. The van der Waals surface area contributed by atoms with Gasteiger partial charge in [0.2, 0.25) is 15.9 Å². The highest BCUT2D eigenvalue weighted by molar-refractivity contribution is 7.89. The van der Waals surface area contributed by atoms with E-state index in [9.17, 15) is 13.2 Å². The summed E-state index contributed by atoms with van der Waals surface area (Å²) >= 11 is 0. The van der Waals surface area contributed by atoms with Crippen molar-refractivity contribution in [1.82, 2.24) is 9.62 Å². The van der Waals surface area contributed by atoms with Gasteiger partial charge in [0.05, 0.1) is 23.0 Å². The van der Waals surface area contributed by atoms with Crippen LogP contribution in [0.4, 0.5) is 0 Å². The summed E-state index contributed by atoms with van der Waals surface area (Å²) in [6.07, 6.45) is -0.00679. The van der Waals surface area contributed by atoms with E-state index in [1.165, 1.54) is 4.31 Å². The van der Waals surface area contributed by atoms with E-state index in [1.807, 2.05) is 26.8 Å². The van der Waals surface area contributed by atoms with E-state index in [0.717, 1.165) is 5.56 Å². The van der Waals surface area contributed by atoms with Gasteiger partial charge in [0.15, 0.2) is 0 Å². The van der Waals surface area contributed by atoms with Crippen LogP contribution in [0.3, 0.4) is 0 Å². The first-order chi connectivity index (χ1) is 11.8. The number of fused-ring (bicyclic) bond motifs is 2. The van der Waals surface area contributed by atoms with Gasteiger partial charge in [-0.05, 0) is 37.0 Å². The SMILES string of the molecule is Cc1cccc(S(=O)(=O)N2C[C@H]3C[C@H](C(=O)NCC(C)C)[C@@H](C2)O3)c1. The lowest BCUT2D eigenvalue weighted by atomic mass is 9.99. The molecule has 2 saturated heterocycles. The quantitative estimate of drug-likeness (QED) is 0.858. The fraction of sp³-hybridized carbons (Fsp3) is 0.611. The summed E-state index contributed by atoms with van der Waals surface area (Å²) in [5.41, 5.74) is 0.906. The van der Waals surface area contributed by atoms with Crippen molar-refractivity contribution < 1.29 is 17.9 Å². The topological polar surface area (TPSA) is 75.7 Å². The predicted octanol–water partition coefficient (Wildman–Crippen LogP) is 1.55. The summed E-state index contributed by atoms with van der Waals surface area (Å²) in [4.78, 5) is 12.7. The number of benzene rings is 1. The first-order valence-corrected chi connectivity index (χ1v) is 10.2. The zero-order valence-electron chi connectivity index (χ0n) is 14.9. The Balaban J connectivity index is 1.73. The molecule has 0 unspecified atom stereocenters. The molecule has 2 heterocycles. The number of amides is 1. The van der Waals surface area contributed by atoms with Crippen molar-refractivity contribution in [2.24, 2.45) is 11.8 Å². The van der Waals surface area contributed by atoms with E-state index >= 15 is 0 Å². The van der Waals surface area contributed by atoms with Gasteiger partial charge < -0.3 is 10.1 Å². The van der Waals surface area contributed by atoms with Crippen molar-refractivity contribution in [3.05, 3.63) is 29.8 Å². The number of hydrogen-bond donors (Lipinski definition) is 1. The van der Waals surface area contributed by atoms with Gasteiger partial charge in [0.1, 0.15) is 0 Å². The van der Waals surface area contributed by atoms with Gasteiger partial charge in [-0.3, -0.25) is 4.79 Å². The molecular formula is C18H26N2O4S. The van der Waals surface area contributed by atoms with Crippen molar-refractivity contribution in [1.29, 1.82) is 0 Å². The minimum Gasteiger partial charge on any atom is -0.371 e. The molecule has 3 rings (SSSR count). The molecule has 0 aliphatic carbocycles. The molecule has 138 valence electrons. The molecule has 0 spiro atoms. The maximum atomic E-state index is 12.9. The summed E-state index contributed by atoms with van der Waals surface area (Å²) < 4.78 is 33.2. The van der Waals surface area contributed by atoms with Crippen LogP contribution < -0.4 is 5.32 Å². The number of carbonyl (C=O) groups is 1. The van der Waals surface area contributed by atoms with Crippen LogP contribution in [-0.2, 0) is 19.6 Å². The predicted molar refractivity (Wildman–Crippen MR) is 94.6 cm³/mol. The molecule has 1 amide bonds. The molecule has 2 aliphatic heterocycles. The average Bonchev–Trinajstić information content (AvgIpc) is 2.86. The van der Waals surface area contributed by atoms with Crippen LogP contribution in [0, 0.1) is 18.8 Å². The zero-order chi connectivity index (χ0) is 18.2. The van der Waals surface area contributed by atoms with Crippen molar-refractivity contribution in [3.63, 3.8) is 0 Å². The number of nitrogens with one attached hydrogen (secondary N) is 1. The lowest BCUT2D eigenvalue weighted by molar-refractivity contribution is -0.127. The molecule has 25 heavy (non-hydrogen) atoms. The highest BCUT2D eigenvalue weighted by atomic mass is 32.2. The molecule has 2 bridgehead atoms. The van der Waals surface area contributed by atoms with Crippen LogP contribution in [0.5, 0.6) is 0 Å². The Bertz CT molecular complexity index is 747. The monoisotopic (exact) mass is 366 g/mol. The summed E-state index contributed by atoms with van der Waals surface area (Å²) in [5, 5.41) is 2.94. The Morgan fingerprint density at radius 1 is 1.36 bits per heavy atom. The Hall–Kier alpha value is -1.44. The van der Waals surface area contributed by atoms with Crippen molar-refractivity contribution >= 4 is 15.9 Å². The van der Waals surface area contributed by atoms with Gasteiger partial charge in [0.25, 0.3) is 0 Å². The molecule has 1 aromatic rings. The molecule has 2 aliphatic rings. The van der Waals surface area contributed by atoms with Gasteiger partial charge in [-0.2, -0.15) is 4.31 Å². The molecule has 7 heteroatoms. The maximum absolute atomic E-state index is 12.9. The largest absolute Gasteiger partial charge is 0.371 e. The molecular weight excluding hydrogens is 340 g/mol. The Kier molecular flexibility index (Phi) is 5.18. The normalized spacial score (nSPS) is 26.8. The van der Waals surface area contributed by atoms with Gasteiger partial charge in [0, 0.05) is 19.6 Å². The molecule has 1 N–H and O–H groups in total. The van der Waals surface area contributed by atoms with Crippen LogP contribution in [0.1, 0.15) is 25.8 Å². The fourth-order valence-corrected chi connectivity index (χ4v) is 5.04. The molecule has 3 atom stereocenters. The van der Waals surface area contributed by atoms with Crippen LogP contribution in [0.25, 0.3) is 0 Å².